The Bertz CT molecular complexity index is 1030. The first-order valence-electron chi connectivity index (χ1n) is 10.3. The van der Waals surface area contributed by atoms with Crippen molar-refractivity contribution >= 4 is 23.2 Å². The molecule has 1 aromatic heterocycles. The van der Waals surface area contributed by atoms with Gasteiger partial charge in [-0.05, 0) is 69.2 Å². The van der Waals surface area contributed by atoms with E-state index in [-0.39, 0.29) is 5.91 Å². The Kier molecular flexibility index (Phi) is 7.43. The lowest BCUT2D eigenvalue weighted by molar-refractivity contribution is -0.116. The molecule has 2 aromatic carbocycles. The first-order valence-corrected chi connectivity index (χ1v) is 10.3. The average Bonchev–Trinajstić information content (AvgIpc) is 2.72. The minimum atomic E-state index is -0.0624. The van der Waals surface area contributed by atoms with Crippen LogP contribution in [0.3, 0.4) is 0 Å². The summed E-state index contributed by atoms with van der Waals surface area (Å²) in [5.74, 6) is 1.85. The summed E-state index contributed by atoms with van der Waals surface area (Å²) in [5.41, 5.74) is 4.32. The highest BCUT2D eigenvalue weighted by molar-refractivity contribution is 5.91. The van der Waals surface area contributed by atoms with E-state index >= 15 is 0 Å². The highest BCUT2D eigenvalue weighted by Crippen LogP contribution is 2.28. The second-order valence-electron chi connectivity index (χ2n) is 7.15. The fourth-order valence-electron chi connectivity index (χ4n) is 3.21. The number of carbonyl (C=O) groups is 1. The zero-order valence-corrected chi connectivity index (χ0v) is 18.4. The van der Waals surface area contributed by atoms with Gasteiger partial charge >= 0.3 is 0 Å². The quantitative estimate of drug-likeness (QED) is 0.516. The molecule has 1 amide bonds. The van der Waals surface area contributed by atoms with Crippen molar-refractivity contribution in [3.8, 4) is 11.5 Å². The van der Waals surface area contributed by atoms with Gasteiger partial charge in [0, 0.05) is 29.2 Å². The largest absolute Gasteiger partial charge is 0.493 e. The van der Waals surface area contributed by atoms with Crippen molar-refractivity contribution in [3.63, 3.8) is 0 Å². The summed E-state index contributed by atoms with van der Waals surface area (Å²) in [4.78, 5) is 21.2. The van der Waals surface area contributed by atoms with Gasteiger partial charge in [-0.1, -0.05) is 12.1 Å². The number of aryl methyl sites for hydroxylation is 3. The van der Waals surface area contributed by atoms with Gasteiger partial charge in [-0.2, -0.15) is 0 Å². The zero-order chi connectivity index (χ0) is 22.2. The number of amides is 1. The lowest BCUT2D eigenvalue weighted by Crippen LogP contribution is -2.12. The summed E-state index contributed by atoms with van der Waals surface area (Å²) in [5, 5.41) is 6.13. The number of rotatable bonds is 9. The Morgan fingerprint density at radius 2 is 1.71 bits per heavy atom. The van der Waals surface area contributed by atoms with Crippen molar-refractivity contribution < 1.29 is 14.3 Å². The summed E-state index contributed by atoms with van der Waals surface area (Å²) >= 11 is 0. The van der Waals surface area contributed by atoms with Crippen molar-refractivity contribution in [2.45, 2.75) is 33.6 Å². The molecule has 162 valence electrons. The lowest BCUT2D eigenvalue weighted by atomic mass is 10.1. The number of hydrogen-bond acceptors (Lipinski definition) is 6. The Labute approximate surface area is 182 Å². The summed E-state index contributed by atoms with van der Waals surface area (Å²) in [7, 11) is 1.61. The van der Waals surface area contributed by atoms with Crippen LogP contribution in [0.15, 0.2) is 48.5 Å². The molecular formula is C24H28N4O3. The highest BCUT2D eigenvalue weighted by atomic mass is 16.5. The molecule has 0 bridgehead atoms. The van der Waals surface area contributed by atoms with Crippen LogP contribution < -0.4 is 20.1 Å². The first kappa shape index (κ1) is 22.1. The maximum Gasteiger partial charge on any atom is 0.227 e. The SMILES string of the molecule is CCOc1ccc(CCC(=O)Nc2cccc(Nc3nc(C)cc(C)n3)c2)cc1OC. The number of hydrogen-bond donors (Lipinski definition) is 2. The predicted molar refractivity (Wildman–Crippen MR) is 122 cm³/mol. The van der Waals surface area contributed by atoms with Crippen molar-refractivity contribution in [2.24, 2.45) is 0 Å². The van der Waals surface area contributed by atoms with Crippen LogP contribution in [0.1, 0.15) is 30.3 Å². The van der Waals surface area contributed by atoms with Gasteiger partial charge in [0.2, 0.25) is 11.9 Å². The van der Waals surface area contributed by atoms with Crippen LogP contribution in [0.25, 0.3) is 0 Å². The van der Waals surface area contributed by atoms with E-state index in [1.165, 1.54) is 0 Å². The summed E-state index contributed by atoms with van der Waals surface area (Å²) < 4.78 is 10.9. The smallest absolute Gasteiger partial charge is 0.227 e. The molecule has 1 heterocycles. The fraction of sp³-hybridized carbons (Fsp3) is 0.292. The molecule has 0 saturated carbocycles. The number of anilines is 3. The average molecular weight is 421 g/mol. The number of benzene rings is 2. The van der Waals surface area contributed by atoms with Crippen molar-refractivity contribution in [1.29, 1.82) is 0 Å². The van der Waals surface area contributed by atoms with Crippen molar-refractivity contribution in [1.82, 2.24) is 9.97 Å². The van der Waals surface area contributed by atoms with E-state index in [1.54, 1.807) is 7.11 Å². The molecule has 0 aliphatic heterocycles. The monoisotopic (exact) mass is 420 g/mol. The molecular weight excluding hydrogens is 392 g/mol. The molecule has 3 rings (SSSR count). The number of nitrogens with one attached hydrogen (secondary N) is 2. The van der Waals surface area contributed by atoms with Gasteiger partial charge in [-0.15, -0.1) is 0 Å². The summed E-state index contributed by atoms with van der Waals surface area (Å²) in [6, 6.07) is 15.1. The third-order valence-electron chi connectivity index (χ3n) is 4.55. The Morgan fingerprint density at radius 3 is 2.42 bits per heavy atom. The van der Waals surface area contributed by atoms with Gasteiger partial charge in [0.25, 0.3) is 0 Å². The molecule has 7 nitrogen and oxygen atoms in total. The van der Waals surface area contributed by atoms with E-state index in [9.17, 15) is 4.79 Å². The third kappa shape index (κ3) is 6.44. The van der Waals surface area contributed by atoms with Crippen molar-refractivity contribution in [3.05, 3.63) is 65.5 Å². The van der Waals surface area contributed by atoms with Crippen molar-refractivity contribution in [2.75, 3.05) is 24.4 Å². The number of nitrogens with zero attached hydrogens (tertiary/aromatic N) is 2. The maximum absolute atomic E-state index is 12.5. The zero-order valence-electron chi connectivity index (χ0n) is 18.4. The molecule has 0 atom stereocenters. The Morgan fingerprint density at radius 1 is 0.968 bits per heavy atom. The molecule has 31 heavy (non-hydrogen) atoms. The second kappa shape index (κ2) is 10.4. The number of methoxy groups -OCH3 is 1. The molecule has 7 heteroatoms. The van der Waals surface area contributed by atoms with Gasteiger partial charge in [-0.3, -0.25) is 4.79 Å². The second-order valence-corrected chi connectivity index (χ2v) is 7.15. The summed E-state index contributed by atoms with van der Waals surface area (Å²) in [6.45, 7) is 6.35. The fourth-order valence-corrected chi connectivity index (χ4v) is 3.21. The van der Waals surface area contributed by atoms with Crippen LogP contribution in [-0.4, -0.2) is 29.6 Å². The number of ether oxygens (including phenoxy) is 2. The number of carbonyl (C=O) groups excluding carboxylic acids is 1. The van der Waals surface area contributed by atoms with Gasteiger partial charge in [-0.25, -0.2) is 9.97 Å². The van der Waals surface area contributed by atoms with Gasteiger partial charge in [0.05, 0.1) is 13.7 Å². The van der Waals surface area contributed by atoms with Crippen LogP contribution in [0.4, 0.5) is 17.3 Å². The first-order chi connectivity index (χ1) is 15.0. The molecule has 2 N–H and O–H groups in total. The molecule has 0 unspecified atom stereocenters. The minimum absolute atomic E-state index is 0.0624. The van der Waals surface area contributed by atoms with Crippen LogP contribution in [0.2, 0.25) is 0 Å². The normalized spacial score (nSPS) is 10.5. The minimum Gasteiger partial charge on any atom is -0.493 e. The van der Waals surface area contributed by atoms with E-state index in [2.05, 4.69) is 20.6 Å². The standard InChI is InChI=1S/C24H28N4O3/c1-5-31-21-11-9-18(14-22(21)30-4)10-12-23(29)27-19-7-6-8-20(15-19)28-24-25-16(2)13-17(3)26-24/h6-9,11,13-15H,5,10,12H2,1-4H3,(H,27,29)(H,25,26,28). The Hall–Kier alpha value is -3.61. The van der Waals surface area contributed by atoms with Crippen LogP contribution in [0.5, 0.6) is 11.5 Å². The van der Waals surface area contributed by atoms with Crippen LogP contribution in [0, 0.1) is 13.8 Å². The van der Waals surface area contributed by atoms with E-state index in [4.69, 9.17) is 9.47 Å². The van der Waals surface area contributed by atoms with Gasteiger partial charge in [0.1, 0.15) is 0 Å². The Balaban J connectivity index is 1.59. The van der Waals surface area contributed by atoms with Crippen LogP contribution >= 0.6 is 0 Å². The third-order valence-corrected chi connectivity index (χ3v) is 4.55. The van der Waals surface area contributed by atoms with Crippen LogP contribution in [-0.2, 0) is 11.2 Å². The van der Waals surface area contributed by atoms with E-state index in [0.717, 1.165) is 22.6 Å². The molecule has 3 aromatic rings. The van der Waals surface area contributed by atoms with Gasteiger partial charge < -0.3 is 20.1 Å². The predicted octanol–water partition coefficient (Wildman–Crippen LogP) is 4.82. The lowest BCUT2D eigenvalue weighted by Gasteiger charge is -2.11. The molecule has 0 aliphatic carbocycles. The highest BCUT2D eigenvalue weighted by Gasteiger charge is 2.09. The van der Waals surface area contributed by atoms with E-state index in [1.807, 2.05) is 69.3 Å². The molecule has 0 radical (unpaired) electrons. The molecule has 0 spiro atoms. The van der Waals surface area contributed by atoms with E-state index < -0.39 is 0 Å². The molecule has 0 aliphatic rings. The summed E-state index contributed by atoms with van der Waals surface area (Å²) in [6.07, 6.45) is 0.956. The van der Waals surface area contributed by atoms with Gasteiger partial charge in [0.15, 0.2) is 11.5 Å². The topological polar surface area (TPSA) is 85.4 Å². The van der Waals surface area contributed by atoms with E-state index in [0.29, 0.717) is 42.6 Å². The molecule has 0 saturated heterocycles. The maximum atomic E-state index is 12.5. The molecule has 0 fully saturated rings. The number of aromatic nitrogens is 2.